The second kappa shape index (κ2) is 8.86. The maximum absolute atomic E-state index is 12.2. The van der Waals surface area contributed by atoms with Crippen molar-refractivity contribution in [3.05, 3.63) is 79.3 Å². The van der Waals surface area contributed by atoms with Crippen molar-refractivity contribution >= 4 is 16.9 Å². The summed E-state index contributed by atoms with van der Waals surface area (Å²) in [5.74, 6) is 1.52. The molecule has 33 heavy (non-hydrogen) atoms. The molecule has 1 atom stereocenters. The summed E-state index contributed by atoms with van der Waals surface area (Å²) < 4.78 is 7.95. The maximum Gasteiger partial charge on any atom is 0.246 e. The SMILES string of the molecule is C=CC(=O)N1CCCC(n2nc(-c3ccc(Oc4ccccc4)cc3C)c3cncnc32)C1. The number of carbonyl (C=O) groups is 1. The average molecular weight is 440 g/mol. The van der Waals surface area contributed by atoms with Gasteiger partial charge in [0.1, 0.15) is 23.5 Å². The lowest BCUT2D eigenvalue weighted by Gasteiger charge is -2.32. The largest absolute Gasteiger partial charge is 0.457 e. The molecule has 2 aromatic carbocycles. The lowest BCUT2D eigenvalue weighted by atomic mass is 10.0. The Kier molecular flexibility index (Phi) is 5.60. The van der Waals surface area contributed by atoms with E-state index in [9.17, 15) is 4.79 Å². The molecular formula is C26H25N5O2. The van der Waals surface area contributed by atoms with Gasteiger partial charge in [-0.2, -0.15) is 5.10 Å². The lowest BCUT2D eigenvalue weighted by Crippen LogP contribution is -2.40. The van der Waals surface area contributed by atoms with Crippen molar-refractivity contribution in [3.63, 3.8) is 0 Å². The van der Waals surface area contributed by atoms with Crippen LogP contribution in [0.15, 0.2) is 73.7 Å². The summed E-state index contributed by atoms with van der Waals surface area (Å²) in [5, 5.41) is 5.88. The monoisotopic (exact) mass is 439 g/mol. The van der Waals surface area contributed by atoms with Crippen LogP contribution in [0.3, 0.4) is 0 Å². The van der Waals surface area contributed by atoms with Crippen LogP contribution in [-0.2, 0) is 4.79 Å². The molecule has 0 bridgehead atoms. The predicted octanol–water partition coefficient (Wildman–Crippen LogP) is 4.94. The number of piperidine rings is 1. The summed E-state index contributed by atoms with van der Waals surface area (Å²) in [7, 11) is 0. The number of carbonyl (C=O) groups excluding carboxylic acids is 1. The van der Waals surface area contributed by atoms with Crippen molar-refractivity contribution in [3.8, 4) is 22.8 Å². The van der Waals surface area contributed by atoms with E-state index in [1.165, 1.54) is 6.08 Å². The van der Waals surface area contributed by atoms with Crippen molar-refractivity contribution < 1.29 is 9.53 Å². The van der Waals surface area contributed by atoms with Gasteiger partial charge in [-0.3, -0.25) is 4.79 Å². The highest BCUT2D eigenvalue weighted by Crippen LogP contribution is 2.34. The van der Waals surface area contributed by atoms with E-state index in [1.807, 2.05) is 71.2 Å². The fourth-order valence-electron chi connectivity index (χ4n) is 4.41. The zero-order valence-corrected chi connectivity index (χ0v) is 18.5. The molecule has 1 saturated heterocycles. The predicted molar refractivity (Wildman–Crippen MR) is 127 cm³/mol. The standard InChI is InChI=1S/C26H25N5O2/c1-3-24(32)30-13-7-8-19(16-30)31-26-23(15-27-17-28-26)25(29-31)22-12-11-21(14-18(22)2)33-20-9-5-4-6-10-20/h3-6,9-12,14-15,17,19H,1,7-8,13,16H2,2H3. The van der Waals surface area contributed by atoms with Gasteiger partial charge in [0.2, 0.25) is 5.91 Å². The third-order valence-electron chi connectivity index (χ3n) is 6.03. The molecular weight excluding hydrogens is 414 g/mol. The van der Waals surface area contributed by atoms with Gasteiger partial charge in [0, 0.05) is 24.8 Å². The second-order valence-corrected chi connectivity index (χ2v) is 8.23. The molecule has 1 unspecified atom stereocenters. The van der Waals surface area contributed by atoms with Crippen molar-refractivity contribution in [2.75, 3.05) is 13.1 Å². The fraction of sp³-hybridized carbons (Fsp3) is 0.231. The lowest BCUT2D eigenvalue weighted by molar-refractivity contribution is -0.127. The molecule has 1 aliphatic heterocycles. The first-order valence-corrected chi connectivity index (χ1v) is 11.1. The molecule has 166 valence electrons. The Labute approximate surface area is 192 Å². The fourth-order valence-corrected chi connectivity index (χ4v) is 4.41. The Morgan fingerprint density at radius 2 is 2.03 bits per heavy atom. The van der Waals surface area contributed by atoms with E-state index in [1.54, 1.807) is 6.33 Å². The first-order valence-electron chi connectivity index (χ1n) is 11.1. The summed E-state index contributed by atoms with van der Waals surface area (Å²) in [6.45, 7) is 7.01. The van der Waals surface area contributed by atoms with E-state index in [4.69, 9.17) is 9.84 Å². The Balaban J connectivity index is 1.50. The number of hydrogen-bond acceptors (Lipinski definition) is 5. The Hall–Kier alpha value is -4.00. The molecule has 5 rings (SSSR count). The van der Waals surface area contributed by atoms with Crippen LogP contribution in [0.1, 0.15) is 24.4 Å². The van der Waals surface area contributed by atoms with Gasteiger partial charge in [-0.1, -0.05) is 24.8 Å². The molecule has 1 fully saturated rings. The van der Waals surface area contributed by atoms with Crippen molar-refractivity contribution in [1.29, 1.82) is 0 Å². The van der Waals surface area contributed by atoms with Gasteiger partial charge in [0.05, 0.1) is 11.4 Å². The Morgan fingerprint density at radius 3 is 2.82 bits per heavy atom. The van der Waals surface area contributed by atoms with E-state index >= 15 is 0 Å². The zero-order valence-electron chi connectivity index (χ0n) is 18.5. The molecule has 2 aromatic heterocycles. The quantitative estimate of drug-likeness (QED) is 0.412. The number of rotatable bonds is 5. The number of para-hydroxylation sites is 1. The third-order valence-corrected chi connectivity index (χ3v) is 6.03. The first kappa shape index (κ1) is 20.9. The molecule has 7 heteroatoms. The Morgan fingerprint density at radius 1 is 1.18 bits per heavy atom. The third kappa shape index (κ3) is 4.09. The minimum absolute atomic E-state index is 0.0455. The highest BCUT2D eigenvalue weighted by Gasteiger charge is 2.27. The average Bonchev–Trinajstić information content (AvgIpc) is 3.24. The molecule has 0 saturated carbocycles. The van der Waals surface area contributed by atoms with Gasteiger partial charge in [-0.25, -0.2) is 14.6 Å². The molecule has 0 aliphatic carbocycles. The smallest absolute Gasteiger partial charge is 0.246 e. The number of likely N-dealkylation sites (tertiary alicyclic amines) is 1. The molecule has 0 radical (unpaired) electrons. The number of aryl methyl sites for hydroxylation is 1. The maximum atomic E-state index is 12.2. The van der Waals surface area contributed by atoms with E-state index in [2.05, 4.69) is 16.5 Å². The Bertz CT molecular complexity index is 1320. The van der Waals surface area contributed by atoms with Crippen molar-refractivity contribution in [2.45, 2.75) is 25.8 Å². The highest BCUT2D eigenvalue weighted by molar-refractivity contribution is 5.91. The number of nitrogens with zero attached hydrogens (tertiary/aromatic N) is 5. The van der Waals surface area contributed by atoms with Crippen LogP contribution in [0.2, 0.25) is 0 Å². The summed E-state index contributed by atoms with van der Waals surface area (Å²) >= 11 is 0. The van der Waals surface area contributed by atoms with Gasteiger partial charge in [0.15, 0.2) is 5.65 Å². The molecule has 7 nitrogen and oxygen atoms in total. The van der Waals surface area contributed by atoms with Gasteiger partial charge in [-0.05, 0) is 61.7 Å². The van der Waals surface area contributed by atoms with Crippen LogP contribution in [0, 0.1) is 6.92 Å². The summed E-state index contributed by atoms with van der Waals surface area (Å²) in [5.41, 5.74) is 3.66. The van der Waals surface area contributed by atoms with Gasteiger partial charge >= 0.3 is 0 Å². The van der Waals surface area contributed by atoms with E-state index in [-0.39, 0.29) is 11.9 Å². The molecule has 3 heterocycles. The normalized spacial score (nSPS) is 16.0. The number of aromatic nitrogens is 4. The topological polar surface area (TPSA) is 73.1 Å². The summed E-state index contributed by atoms with van der Waals surface area (Å²) in [6, 6.07) is 15.8. The summed E-state index contributed by atoms with van der Waals surface area (Å²) in [6.07, 6.45) is 6.58. The van der Waals surface area contributed by atoms with Crippen LogP contribution in [-0.4, -0.2) is 43.6 Å². The molecule has 1 aliphatic rings. The van der Waals surface area contributed by atoms with E-state index < -0.39 is 0 Å². The first-order chi connectivity index (χ1) is 16.1. The molecule has 0 N–H and O–H groups in total. The number of benzene rings is 2. The highest BCUT2D eigenvalue weighted by atomic mass is 16.5. The van der Waals surface area contributed by atoms with Crippen molar-refractivity contribution in [2.24, 2.45) is 0 Å². The van der Waals surface area contributed by atoms with Gasteiger partial charge < -0.3 is 9.64 Å². The number of ether oxygens (including phenoxy) is 1. The number of fused-ring (bicyclic) bond motifs is 1. The second-order valence-electron chi connectivity index (χ2n) is 8.23. The van der Waals surface area contributed by atoms with Crippen LogP contribution < -0.4 is 4.74 Å². The van der Waals surface area contributed by atoms with Crippen molar-refractivity contribution in [1.82, 2.24) is 24.6 Å². The van der Waals surface area contributed by atoms with Crippen LogP contribution in [0.5, 0.6) is 11.5 Å². The minimum atomic E-state index is -0.0455. The summed E-state index contributed by atoms with van der Waals surface area (Å²) in [4.78, 5) is 22.8. The van der Waals surface area contributed by atoms with E-state index in [0.717, 1.165) is 58.7 Å². The van der Waals surface area contributed by atoms with Crippen LogP contribution in [0.25, 0.3) is 22.3 Å². The number of amides is 1. The zero-order chi connectivity index (χ0) is 22.8. The van der Waals surface area contributed by atoms with E-state index in [0.29, 0.717) is 6.54 Å². The molecule has 0 spiro atoms. The van der Waals surface area contributed by atoms with Crippen LogP contribution >= 0.6 is 0 Å². The molecule has 4 aromatic rings. The van der Waals surface area contributed by atoms with Crippen LogP contribution in [0.4, 0.5) is 0 Å². The van der Waals surface area contributed by atoms with Gasteiger partial charge in [-0.15, -0.1) is 0 Å². The minimum Gasteiger partial charge on any atom is -0.457 e. The molecule has 1 amide bonds. The number of hydrogen-bond donors (Lipinski definition) is 0. The van der Waals surface area contributed by atoms with Gasteiger partial charge in [0.25, 0.3) is 0 Å².